The summed E-state index contributed by atoms with van der Waals surface area (Å²) in [5, 5.41) is 5.54. The third kappa shape index (κ3) is 5.46. The first-order valence-electron chi connectivity index (χ1n) is 6.84. The standard InChI is InChI=1S/C15H23FN2O2S/c1-9-6-13(7-10(2)14(9)16)12(4)18-15(19)17-11(3)8-21(5)20/h6-7,11-12H,8H2,1-5H3,(H2,17,18,19)/t11-,12+,21+/m1/s1. The zero-order chi connectivity index (χ0) is 16.2. The van der Waals surface area contributed by atoms with Crippen LogP contribution >= 0.6 is 0 Å². The predicted octanol–water partition coefficient (Wildman–Crippen LogP) is 2.57. The third-order valence-corrected chi connectivity index (χ3v) is 4.14. The van der Waals surface area contributed by atoms with Crippen LogP contribution in [0.5, 0.6) is 0 Å². The Morgan fingerprint density at radius 1 is 1.24 bits per heavy atom. The maximum absolute atomic E-state index is 13.6. The molecule has 0 saturated heterocycles. The van der Waals surface area contributed by atoms with Gasteiger partial charge in [0.1, 0.15) is 5.82 Å². The number of carbonyl (C=O) groups excluding carboxylic acids is 1. The van der Waals surface area contributed by atoms with E-state index in [0.717, 1.165) is 5.56 Å². The SMILES string of the molecule is Cc1cc([C@H](C)NC(=O)N[C@H](C)C[S@](C)=O)cc(C)c1F. The van der Waals surface area contributed by atoms with E-state index >= 15 is 0 Å². The molecule has 0 radical (unpaired) electrons. The van der Waals surface area contributed by atoms with Crippen LogP contribution in [0.2, 0.25) is 0 Å². The van der Waals surface area contributed by atoms with Crippen molar-refractivity contribution >= 4 is 16.8 Å². The Morgan fingerprint density at radius 2 is 1.76 bits per heavy atom. The number of amides is 2. The van der Waals surface area contributed by atoms with Crippen molar-refractivity contribution in [2.45, 2.75) is 39.8 Å². The molecule has 1 aromatic carbocycles. The van der Waals surface area contributed by atoms with Gasteiger partial charge in [-0.2, -0.15) is 0 Å². The molecule has 2 N–H and O–H groups in total. The lowest BCUT2D eigenvalue weighted by molar-refractivity contribution is 0.235. The van der Waals surface area contributed by atoms with Gasteiger partial charge in [-0.1, -0.05) is 12.1 Å². The van der Waals surface area contributed by atoms with Crippen LogP contribution in [0.3, 0.4) is 0 Å². The second-order valence-electron chi connectivity index (χ2n) is 5.45. The monoisotopic (exact) mass is 314 g/mol. The first kappa shape index (κ1) is 17.6. The van der Waals surface area contributed by atoms with Crippen LogP contribution in [-0.2, 0) is 10.8 Å². The molecule has 1 aromatic rings. The minimum Gasteiger partial charge on any atom is -0.335 e. The molecule has 0 unspecified atom stereocenters. The molecule has 0 aromatic heterocycles. The Kier molecular flexibility index (Phi) is 6.33. The molecule has 118 valence electrons. The van der Waals surface area contributed by atoms with E-state index in [0.29, 0.717) is 16.9 Å². The number of carbonyl (C=O) groups is 1. The van der Waals surface area contributed by atoms with Gasteiger partial charge in [-0.15, -0.1) is 0 Å². The van der Waals surface area contributed by atoms with Crippen molar-refractivity contribution in [3.8, 4) is 0 Å². The highest BCUT2D eigenvalue weighted by Crippen LogP contribution is 2.19. The summed E-state index contributed by atoms with van der Waals surface area (Å²) in [4.78, 5) is 11.9. The largest absolute Gasteiger partial charge is 0.335 e. The molecule has 0 aliphatic rings. The molecule has 0 aliphatic heterocycles. The lowest BCUT2D eigenvalue weighted by Gasteiger charge is -2.19. The van der Waals surface area contributed by atoms with Gasteiger partial charge in [0, 0.05) is 28.9 Å². The number of rotatable bonds is 5. The zero-order valence-corrected chi connectivity index (χ0v) is 13.9. The van der Waals surface area contributed by atoms with E-state index in [9.17, 15) is 13.4 Å². The Balaban J connectivity index is 2.66. The predicted molar refractivity (Wildman–Crippen MR) is 84.4 cm³/mol. The van der Waals surface area contributed by atoms with Crippen LogP contribution < -0.4 is 10.6 Å². The van der Waals surface area contributed by atoms with E-state index in [-0.39, 0.29) is 23.9 Å². The summed E-state index contributed by atoms with van der Waals surface area (Å²) in [5.41, 5.74) is 1.98. The van der Waals surface area contributed by atoms with Crippen molar-refractivity contribution < 1.29 is 13.4 Å². The molecule has 0 heterocycles. The molecule has 0 aliphatic carbocycles. The highest BCUT2D eigenvalue weighted by Gasteiger charge is 2.14. The normalized spacial score (nSPS) is 15.1. The molecule has 0 bridgehead atoms. The first-order chi connectivity index (χ1) is 9.70. The maximum atomic E-state index is 13.6. The Labute approximate surface area is 128 Å². The number of hydrogen-bond acceptors (Lipinski definition) is 2. The topological polar surface area (TPSA) is 58.2 Å². The van der Waals surface area contributed by atoms with E-state index < -0.39 is 10.8 Å². The van der Waals surface area contributed by atoms with E-state index in [1.807, 2.05) is 6.92 Å². The summed E-state index contributed by atoms with van der Waals surface area (Å²) in [5.74, 6) is 0.200. The lowest BCUT2D eigenvalue weighted by Crippen LogP contribution is -2.43. The van der Waals surface area contributed by atoms with Gasteiger partial charge in [0.15, 0.2) is 0 Å². The fourth-order valence-electron chi connectivity index (χ4n) is 2.17. The molecular weight excluding hydrogens is 291 g/mol. The average Bonchev–Trinajstić information content (AvgIpc) is 2.33. The van der Waals surface area contributed by atoms with Crippen LogP contribution in [-0.4, -0.2) is 28.3 Å². The van der Waals surface area contributed by atoms with E-state index in [2.05, 4.69) is 10.6 Å². The molecule has 0 fully saturated rings. The minimum absolute atomic E-state index is 0.167. The van der Waals surface area contributed by atoms with Crippen molar-refractivity contribution in [2.24, 2.45) is 0 Å². The average molecular weight is 314 g/mol. The van der Waals surface area contributed by atoms with Crippen LogP contribution in [0.25, 0.3) is 0 Å². The second kappa shape index (κ2) is 7.54. The second-order valence-corrected chi connectivity index (χ2v) is 6.93. The summed E-state index contributed by atoms with van der Waals surface area (Å²) >= 11 is 0. The van der Waals surface area contributed by atoms with Crippen molar-refractivity contribution in [2.75, 3.05) is 12.0 Å². The third-order valence-electron chi connectivity index (χ3n) is 3.17. The van der Waals surface area contributed by atoms with Gasteiger partial charge in [-0.3, -0.25) is 4.21 Å². The van der Waals surface area contributed by atoms with E-state index in [1.165, 1.54) is 0 Å². The lowest BCUT2D eigenvalue weighted by atomic mass is 10.0. The molecule has 2 amide bonds. The van der Waals surface area contributed by atoms with Gasteiger partial charge in [-0.25, -0.2) is 9.18 Å². The van der Waals surface area contributed by atoms with Gasteiger partial charge in [0.05, 0.1) is 6.04 Å². The van der Waals surface area contributed by atoms with Gasteiger partial charge < -0.3 is 10.6 Å². The fraction of sp³-hybridized carbons (Fsp3) is 0.533. The molecule has 21 heavy (non-hydrogen) atoms. The number of nitrogens with one attached hydrogen (secondary N) is 2. The number of aryl methyl sites for hydroxylation is 2. The Morgan fingerprint density at radius 3 is 2.24 bits per heavy atom. The smallest absolute Gasteiger partial charge is 0.315 e. The number of halogens is 1. The van der Waals surface area contributed by atoms with Gasteiger partial charge in [0.2, 0.25) is 0 Å². The molecular formula is C15H23FN2O2S. The van der Waals surface area contributed by atoms with Gasteiger partial charge in [-0.05, 0) is 44.4 Å². The Bertz CT molecular complexity index is 525. The number of hydrogen-bond donors (Lipinski definition) is 2. The summed E-state index contributed by atoms with van der Waals surface area (Å²) in [6.07, 6.45) is 1.60. The molecule has 0 spiro atoms. The summed E-state index contributed by atoms with van der Waals surface area (Å²) in [6.45, 7) is 7.06. The molecule has 1 rings (SSSR count). The summed E-state index contributed by atoms with van der Waals surface area (Å²) < 4.78 is 24.7. The van der Waals surface area contributed by atoms with Gasteiger partial charge in [0.25, 0.3) is 0 Å². The summed E-state index contributed by atoms with van der Waals surface area (Å²) in [6, 6.07) is 2.75. The number of benzene rings is 1. The van der Waals surface area contributed by atoms with E-state index in [1.54, 1.807) is 39.2 Å². The first-order valence-corrected chi connectivity index (χ1v) is 8.57. The van der Waals surface area contributed by atoms with Crippen LogP contribution in [0.15, 0.2) is 12.1 Å². The molecule has 0 saturated carbocycles. The zero-order valence-electron chi connectivity index (χ0n) is 13.1. The highest BCUT2D eigenvalue weighted by atomic mass is 32.2. The molecule has 6 heteroatoms. The molecule has 3 atom stereocenters. The van der Waals surface area contributed by atoms with Crippen LogP contribution in [0, 0.1) is 19.7 Å². The number of urea groups is 1. The van der Waals surface area contributed by atoms with Crippen molar-refractivity contribution in [1.82, 2.24) is 10.6 Å². The van der Waals surface area contributed by atoms with Crippen LogP contribution in [0.1, 0.15) is 36.6 Å². The fourth-order valence-corrected chi connectivity index (χ4v) is 2.96. The minimum atomic E-state index is -0.954. The van der Waals surface area contributed by atoms with Crippen molar-refractivity contribution in [3.63, 3.8) is 0 Å². The van der Waals surface area contributed by atoms with Crippen molar-refractivity contribution in [1.29, 1.82) is 0 Å². The van der Waals surface area contributed by atoms with Crippen molar-refractivity contribution in [3.05, 3.63) is 34.6 Å². The van der Waals surface area contributed by atoms with Gasteiger partial charge >= 0.3 is 6.03 Å². The van der Waals surface area contributed by atoms with Crippen LogP contribution in [0.4, 0.5) is 9.18 Å². The highest BCUT2D eigenvalue weighted by molar-refractivity contribution is 7.84. The quantitative estimate of drug-likeness (QED) is 0.877. The summed E-state index contributed by atoms with van der Waals surface area (Å²) in [7, 11) is -0.954. The molecule has 4 nitrogen and oxygen atoms in total. The van der Waals surface area contributed by atoms with E-state index in [4.69, 9.17) is 0 Å². The maximum Gasteiger partial charge on any atom is 0.315 e. The Hall–Kier alpha value is -1.43.